The summed E-state index contributed by atoms with van der Waals surface area (Å²) < 4.78 is 0. The molecule has 18 nitrogen and oxygen atoms in total. The molecule has 1 heterocycles. The zero-order valence-corrected chi connectivity index (χ0v) is 20.3. The summed E-state index contributed by atoms with van der Waals surface area (Å²) in [6.07, 6.45) is 1.28. The first-order valence-corrected chi connectivity index (χ1v) is 11.2. The van der Waals surface area contributed by atoms with Gasteiger partial charge in [-0.2, -0.15) is 0 Å². The van der Waals surface area contributed by atoms with Gasteiger partial charge in [-0.05, 0) is 12.8 Å². The Morgan fingerprint density at radius 3 is 2.05 bits per heavy atom. The van der Waals surface area contributed by atoms with E-state index in [1.807, 2.05) is 0 Å². The molecule has 4 atom stereocenters. The number of carbonyl (C=O) groups excluding carboxylic acids is 4. The third-order valence-electron chi connectivity index (χ3n) is 4.94. The van der Waals surface area contributed by atoms with Crippen LogP contribution in [0.4, 0.5) is 0 Å². The second-order valence-corrected chi connectivity index (χ2v) is 8.13. The van der Waals surface area contributed by atoms with Crippen LogP contribution in [0.15, 0.2) is 17.5 Å². The molecule has 4 amide bonds. The predicted octanol–water partition coefficient (Wildman–Crippen LogP) is -4.78. The summed E-state index contributed by atoms with van der Waals surface area (Å²) >= 11 is 0. The minimum absolute atomic E-state index is 0.0652. The fraction of sp³-hybridized carbons (Fsp3) is 0.500. The van der Waals surface area contributed by atoms with Crippen LogP contribution in [-0.2, 0) is 35.2 Å². The van der Waals surface area contributed by atoms with Crippen molar-refractivity contribution in [1.82, 2.24) is 25.9 Å². The van der Waals surface area contributed by atoms with Crippen LogP contribution in [0.25, 0.3) is 0 Å². The maximum Gasteiger partial charge on any atom is 0.326 e. The topological polar surface area (TPSA) is 324 Å². The number of imidazole rings is 1. The number of nitrogens with zero attached hydrogens (tertiary/aromatic N) is 2. The lowest BCUT2D eigenvalue weighted by molar-refractivity contribution is -0.147. The highest BCUT2D eigenvalue weighted by Gasteiger charge is 2.31. The summed E-state index contributed by atoms with van der Waals surface area (Å²) in [5, 5.41) is 25.0. The molecule has 0 bridgehead atoms. The lowest BCUT2D eigenvalue weighted by Gasteiger charge is -2.24. The van der Waals surface area contributed by atoms with E-state index in [1.54, 1.807) is 0 Å². The maximum absolute atomic E-state index is 13.2. The number of amides is 4. The van der Waals surface area contributed by atoms with Gasteiger partial charge in [0.1, 0.15) is 18.1 Å². The van der Waals surface area contributed by atoms with Crippen molar-refractivity contribution in [3.8, 4) is 0 Å². The molecule has 38 heavy (non-hydrogen) atoms. The zero-order chi connectivity index (χ0) is 28.8. The molecule has 0 saturated carbocycles. The van der Waals surface area contributed by atoms with Gasteiger partial charge in [-0.15, -0.1) is 0 Å². The number of carboxylic acids is 2. The summed E-state index contributed by atoms with van der Waals surface area (Å²) in [7, 11) is 0. The van der Waals surface area contributed by atoms with Crippen LogP contribution in [-0.4, -0.2) is 92.4 Å². The molecule has 0 fully saturated rings. The number of aliphatic imine (C=N–C) groups is 1. The third kappa shape index (κ3) is 11.8. The Bertz CT molecular complexity index is 1030. The Morgan fingerprint density at radius 1 is 0.921 bits per heavy atom. The van der Waals surface area contributed by atoms with Crippen LogP contribution in [0, 0.1) is 0 Å². The number of hydrogen-bond acceptors (Lipinski definition) is 9. The molecular weight excluding hydrogens is 508 g/mol. The molecule has 18 heteroatoms. The first-order valence-electron chi connectivity index (χ1n) is 11.2. The van der Waals surface area contributed by atoms with Gasteiger partial charge in [0.2, 0.25) is 23.6 Å². The average molecular weight is 541 g/mol. The number of aromatic nitrogens is 2. The number of carboxylic acid groups (broad SMARTS) is 2. The lowest BCUT2D eigenvalue weighted by Crippen LogP contribution is -2.58. The number of carbonyl (C=O) groups is 6. The van der Waals surface area contributed by atoms with Crippen molar-refractivity contribution in [2.75, 3.05) is 6.54 Å². The van der Waals surface area contributed by atoms with E-state index in [0.29, 0.717) is 5.69 Å². The van der Waals surface area contributed by atoms with Crippen molar-refractivity contribution in [3.63, 3.8) is 0 Å². The van der Waals surface area contributed by atoms with E-state index in [1.165, 1.54) is 12.5 Å². The fourth-order valence-corrected chi connectivity index (χ4v) is 3.11. The lowest BCUT2D eigenvalue weighted by atomic mass is 10.1. The highest BCUT2D eigenvalue weighted by molar-refractivity contribution is 5.95. The van der Waals surface area contributed by atoms with Gasteiger partial charge >= 0.3 is 11.9 Å². The monoisotopic (exact) mass is 540 g/mol. The normalized spacial score (nSPS) is 13.7. The molecule has 0 aromatic carbocycles. The summed E-state index contributed by atoms with van der Waals surface area (Å²) in [4.78, 5) is 82.3. The van der Waals surface area contributed by atoms with Gasteiger partial charge in [0.15, 0.2) is 5.96 Å². The van der Waals surface area contributed by atoms with E-state index in [4.69, 9.17) is 28.0 Å². The number of primary amides is 1. The number of rotatable bonds is 17. The molecule has 210 valence electrons. The molecule has 0 saturated heterocycles. The van der Waals surface area contributed by atoms with E-state index < -0.39 is 72.6 Å². The second-order valence-electron chi connectivity index (χ2n) is 8.13. The SMILES string of the molecule is NC(=O)CC(N)C(=O)NC(Cc1cnc[nH]1)C(=O)NC(CCCN=C(N)N)C(=O)NC(CC(=O)O)C(=O)O. The number of aliphatic carboxylic acids is 2. The molecule has 1 aromatic rings. The largest absolute Gasteiger partial charge is 0.481 e. The summed E-state index contributed by atoms with van der Waals surface area (Å²) in [5.41, 5.74) is 21.7. The Kier molecular flexibility index (Phi) is 12.7. The van der Waals surface area contributed by atoms with Crippen LogP contribution in [0.3, 0.4) is 0 Å². The molecule has 14 N–H and O–H groups in total. The number of H-pyrrole nitrogens is 1. The van der Waals surface area contributed by atoms with Gasteiger partial charge in [-0.25, -0.2) is 9.78 Å². The zero-order valence-electron chi connectivity index (χ0n) is 20.3. The number of hydrogen-bond donors (Lipinski definition) is 10. The molecular formula is C20H32N10O8. The maximum atomic E-state index is 13.2. The highest BCUT2D eigenvalue weighted by Crippen LogP contribution is 2.05. The average Bonchev–Trinajstić information content (AvgIpc) is 3.32. The second kappa shape index (κ2) is 15.4. The number of guanidine groups is 1. The molecule has 0 aliphatic rings. The molecule has 0 aliphatic heterocycles. The Balaban J connectivity index is 3.12. The van der Waals surface area contributed by atoms with Crippen LogP contribution >= 0.6 is 0 Å². The van der Waals surface area contributed by atoms with Gasteiger partial charge < -0.3 is 54.1 Å². The van der Waals surface area contributed by atoms with Crippen molar-refractivity contribution in [2.45, 2.75) is 56.3 Å². The van der Waals surface area contributed by atoms with Crippen molar-refractivity contribution < 1.29 is 39.0 Å². The smallest absolute Gasteiger partial charge is 0.326 e. The molecule has 0 spiro atoms. The Hall–Kier alpha value is -4.74. The van der Waals surface area contributed by atoms with Crippen molar-refractivity contribution in [1.29, 1.82) is 0 Å². The summed E-state index contributed by atoms with van der Waals surface area (Å²) in [6.45, 7) is 0.0652. The van der Waals surface area contributed by atoms with Crippen molar-refractivity contribution in [2.24, 2.45) is 27.9 Å². The van der Waals surface area contributed by atoms with E-state index in [0.717, 1.165) is 0 Å². The van der Waals surface area contributed by atoms with Gasteiger partial charge in [-0.3, -0.25) is 29.0 Å². The van der Waals surface area contributed by atoms with Gasteiger partial charge in [0.05, 0.1) is 25.2 Å². The first-order chi connectivity index (χ1) is 17.8. The van der Waals surface area contributed by atoms with E-state index in [2.05, 4.69) is 30.9 Å². The highest BCUT2D eigenvalue weighted by atomic mass is 16.4. The number of aromatic amines is 1. The number of nitrogens with two attached hydrogens (primary N) is 4. The molecule has 1 aromatic heterocycles. The van der Waals surface area contributed by atoms with Gasteiger partial charge in [0.25, 0.3) is 0 Å². The van der Waals surface area contributed by atoms with E-state index in [-0.39, 0.29) is 31.8 Å². The van der Waals surface area contributed by atoms with Crippen LogP contribution in [0.2, 0.25) is 0 Å². The Labute approximate surface area is 216 Å². The molecule has 4 unspecified atom stereocenters. The molecule has 0 aliphatic carbocycles. The van der Waals surface area contributed by atoms with Gasteiger partial charge in [0, 0.05) is 24.9 Å². The van der Waals surface area contributed by atoms with Gasteiger partial charge in [-0.1, -0.05) is 0 Å². The quantitative estimate of drug-likeness (QED) is 0.0505. The molecule has 1 rings (SSSR count). The molecule has 0 radical (unpaired) electrons. The van der Waals surface area contributed by atoms with Crippen molar-refractivity contribution >= 4 is 41.5 Å². The standard InChI is InChI=1S/C20H32N10O8/c21-10(5-14(22)31)16(34)29-12(4-9-7-25-8-27-9)18(36)28-11(2-1-3-26-20(23)24)17(35)30-13(19(37)38)6-15(32)33/h7-8,10-13H,1-6,21H2,(H2,22,31)(H,25,27)(H,28,36)(H,29,34)(H,30,35)(H,32,33)(H,37,38)(H4,23,24,26). The van der Waals surface area contributed by atoms with Crippen LogP contribution in [0.1, 0.15) is 31.4 Å². The van der Waals surface area contributed by atoms with Crippen LogP contribution < -0.4 is 38.9 Å². The van der Waals surface area contributed by atoms with Crippen LogP contribution in [0.5, 0.6) is 0 Å². The van der Waals surface area contributed by atoms with E-state index in [9.17, 15) is 33.9 Å². The minimum atomic E-state index is -1.77. The summed E-state index contributed by atoms with van der Waals surface area (Å²) in [5.74, 6) is -6.85. The Morgan fingerprint density at radius 2 is 1.53 bits per heavy atom. The van der Waals surface area contributed by atoms with Crippen molar-refractivity contribution in [3.05, 3.63) is 18.2 Å². The summed E-state index contributed by atoms with van der Waals surface area (Å²) in [6, 6.07) is -5.81. The fourth-order valence-electron chi connectivity index (χ4n) is 3.11. The minimum Gasteiger partial charge on any atom is -0.481 e. The number of nitrogens with one attached hydrogen (secondary N) is 4. The first kappa shape index (κ1) is 31.3. The van der Waals surface area contributed by atoms with E-state index >= 15 is 0 Å². The predicted molar refractivity (Wildman–Crippen MR) is 130 cm³/mol. The third-order valence-corrected chi connectivity index (χ3v) is 4.94.